The van der Waals surface area contributed by atoms with Gasteiger partial charge in [0, 0.05) is 25.3 Å². The van der Waals surface area contributed by atoms with Crippen LogP contribution in [0.1, 0.15) is 12.5 Å². The van der Waals surface area contributed by atoms with Gasteiger partial charge in [0.15, 0.2) is 0 Å². The average molecular weight is 276 g/mol. The van der Waals surface area contributed by atoms with Crippen molar-refractivity contribution < 1.29 is 9.59 Å². The summed E-state index contributed by atoms with van der Waals surface area (Å²) in [7, 11) is 0. The van der Waals surface area contributed by atoms with Crippen molar-refractivity contribution in [3.05, 3.63) is 29.8 Å². The summed E-state index contributed by atoms with van der Waals surface area (Å²) in [6, 6.07) is 7.10. The lowest BCUT2D eigenvalue weighted by atomic mass is 10.2. The zero-order valence-corrected chi connectivity index (χ0v) is 11.6. The van der Waals surface area contributed by atoms with E-state index in [2.05, 4.69) is 10.6 Å². The summed E-state index contributed by atoms with van der Waals surface area (Å²) >= 11 is 0. The molecule has 20 heavy (non-hydrogen) atoms. The van der Waals surface area contributed by atoms with Crippen molar-refractivity contribution in [2.75, 3.05) is 25.0 Å². The van der Waals surface area contributed by atoms with E-state index in [4.69, 9.17) is 5.73 Å². The second-order valence-corrected chi connectivity index (χ2v) is 4.89. The molecule has 1 fully saturated rings. The van der Waals surface area contributed by atoms with E-state index in [1.165, 1.54) is 0 Å². The van der Waals surface area contributed by atoms with Crippen LogP contribution >= 0.6 is 0 Å². The first-order valence-corrected chi connectivity index (χ1v) is 6.71. The third-order valence-electron chi connectivity index (χ3n) is 3.43. The van der Waals surface area contributed by atoms with Crippen LogP contribution in [0.15, 0.2) is 24.3 Å². The molecule has 1 unspecified atom stereocenters. The molecule has 1 heterocycles. The largest absolute Gasteiger partial charge is 0.354 e. The van der Waals surface area contributed by atoms with Gasteiger partial charge in [0.25, 0.3) is 0 Å². The first-order chi connectivity index (χ1) is 9.60. The van der Waals surface area contributed by atoms with Gasteiger partial charge in [0.1, 0.15) is 0 Å². The number of anilines is 1. The molecule has 1 atom stereocenters. The summed E-state index contributed by atoms with van der Waals surface area (Å²) in [5.41, 5.74) is 7.27. The fourth-order valence-electron chi connectivity index (χ4n) is 2.18. The zero-order valence-electron chi connectivity index (χ0n) is 11.6. The Morgan fingerprint density at radius 2 is 2.35 bits per heavy atom. The normalized spacial score (nSPS) is 17.4. The number of benzene rings is 1. The maximum Gasteiger partial charge on any atom is 0.241 e. The Hall–Kier alpha value is -1.92. The Morgan fingerprint density at radius 1 is 1.55 bits per heavy atom. The van der Waals surface area contributed by atoms with Gasteiger partial charge in [0.05, 0.1) is 12.6 Å². The number of nitrogens with one attached hydrogen (secondary N) is 2. The van der Waals surface area contributed by atoms with Crippen LogP contribution in [0.2, 0.25) is 0 Å². The van der Waals surface area contributed by atoms with E-state index in [9.17, 15) is 9.59 Å². The van der Waals surface area contributed by atoms with E-state index in [0.29, 0.717) is 19.6 Å². The maximum atomic E-state index is 12.2. The number of hydrogen-bond acceptors (Lipinski definition) is 4. The summed E-state index contributed by atoms with van der Waals surface area (Å²) in [5, 5.41) is 5.61. The van der Waals surface area contributed by atoms with Gasteiger partial charge in [-0.1, -0.05) is 12.1 Å². The van der Waals surface area contributed by atoms with E-state index < -0.39 is 0 Å². The first kappa shape index (κ1) is 14.5. The van der Waals surface area contributed by atoms with E-state index in [1.54, 1.807) is 6.92 Å². The molecule has 0 bridgehead atoms. The molecule has 0 aliphatic carbocycles. The molecule has 0 aromatic heterocycles. The summed E-state index contributed by atoms with van der Waals surface area (Å²) in [6.45, 7) is 3.77. The van der Waals surface area contributed by atoms with Crippen LogP contribution in [0.3, 0.4) is 0 Å². The predicted octanol–water partition coefficient (Wildman–Crippen LogP) is -0.0959. The van der Waals surface area contributed by atoms with Gasteiger partial charge in [-0.3, -0.25) is 14.5 Å². The average Bonchev–Trinajstić information content (AvgIpc) is 2.46. The third kappa shape index (κ3) is 3.55. The maximum absolute atomic E-state index is 12.2. The van der Waals surface area contributed by atoms with E-state index >= 15 is 0 Å². The van der Waals surface area contributed by atoms with Crippen LogP contribution in [0.25, 0.3) is 0 Å². The molecule has 0 radical (unpaired) electrons. The molecule has 0 saturated carbocycles. The zero-order chi connectivity index (χ0) is 14.5. The molecule has 0 spiro atoms. The molecular formula is C14H20N4O2. The molecule has 4 N–H and O–H groups in total. The second-order valence-electron chi connectivity index (χ2n) is 4.89. The Bertz CT molecular complexity index is 504. The van der Waals surface area contributed by atoms with Crippen LogP contribution in [0.4, 0.5) is 5.69 Å². The van der Waals surface area contributed by atoms with Gasteiger partial charge in [-0.2, -0.15) is 0 Å². The van der Waals surface area contributed by atoms with Crippen LogP contribution in [0, 0.1) is 0 Å². The highest BCUT2D eigenvalue weighted by Gasteiger charge is 2.25. The SMILES string of the molecule is CC(C(=O)Nc1cccc(CN)c1)N1CCNC(=O)C1. The molecule has 1 aromatic rings. The van der Waals surface area contributed by atoms with E-state index in [1.807, 2.05) is 29.2 Å². The summed E-state index contributed by atoms with van der Waals surface area (Å²) in [4.78, 5) is 25.4. The van der Waals surface area contributed by atoms with Crippen LogP contribution in [-0.4, -0.2) is 42.4 Å². The monoisotopic (exact) mass is 276 g/mol. The minimum atomic E-state index is -0.345. The lowest BCUT2D eigenvalue weighted by Crippen LogP contribution is -2.53. The summed E-state index contributed by atoms with van der Waals surface area (Å²) in [6.07, 6.45) is 0. The molecule has 1 aliphatic heterocycles. The second kappa shape index (κ2) is 6.49. The molecule has 1 saturated heterocycles. The van der Waals surface area contributed by atoms with Gasteiger partial charge in [-0.25, -0.2) is 0 Å². The van der Waals surface area contributed by atoms with Crippen molar-refractivity contribution in [3.63, 3.8) is 0 Å². The summed E-state index contributed by atoms with van der Waals surface area (Å²) < 4.78 is 0. The Labute approximate surface area is 118 Å². The van der Waals surface area contributed by atoms with Crippen molar-refractivity contribution >= 4 is 17.5 Å². The minimum absolute atomic E-state index is 0.0407. The number of amides is 2. The van der Waals surface area contributed by atoms with Crippen LogP contribution < -0.4 is 16.4 Å². The van der Waals surface area contributed by atoms with Gasteiger partial charge >= 0.3 is 0 Å². The van der Waals surface area contributed by atoms with Crippen molar-refractivity contribution in [1.82, 2.24) is 10.2 Å². The molecule has 108 valence electrons. The molecule has 2 rings (SSSR count). The number of piperazine rings is 1. The third-order valence-corrected chi connectivity index (χ3v) is 3.43. The smallest absolute Gasteiger partial charge is 0.241 e. The van der Waals surface area contributed by atoms with Gasteiger partial charge in [-0.05, 0) is 24.6 Å². The number of carbonyl (C=O) groups is 2. The Kier molecular flexibility index (Phi) is 4.70. The number of nitrogens with zero attached hydrogens (tertiary/aromatic N) is 1. The Balaban J connectivity index is 1.98. The number of hydrogen-bond donors (Lipinski definition) is 3. The van der Waals surface area contributed by atoms with Crippen molar-refractivity contribution in [2.24, 2.45) is 5.73 Å². The van der Waals surface area contributed by atoms with Crippen molar-refractivity contribution in [1.29, 1.82) is 0 Å². The quantitative estimate of drug-likeness (QED) is 0.717. The molecule has 1 aliphatic rings. The van der Waals surface area contributed by atoms with Crippen LogP contribution in [-0.2, 0) is 16.1 Å². The van der Waals surface area contributed by atoms with Crippen molar-refractivity contribution in [3.8, 4) is 0 Å². The first-order valence-electron chi connectivity index (χ1n) is 6.71. The summed E-state index contributed by atoms with van der Waals surface area (Å²) in [5.74, 6) is -0.157. The number of nitrogens with two attached hydrogens (primary N) is 1. The topological polar surface area (TPSA) is 87.5 Å². The van der Waals surface area contributed by atoms with Gasteiger partial charge in [0.2, 0.25) is 11.8 Å². The lowest BCUT2D eigenvalue weighted by Gasteiger charge is -2.31. The highest BCUT2D eigenvalue weighted by atomic mass is 16.2. The number of rotatable bonds is 4. The molecule has 6 heteroatoms. The fraction of sp³-hybridized carbons (Fsp3) is 0.429. The highest BCUT2D eigenvalue weighted by molar-refractivity contribution is 5.95. The fourth-order valence-corrected chi connectivity index (χ4v) is 2.18. The van der Waals surface area contributed by atoms with Gasteiger partial charge < -0.3 is 16.4 Å². The molecule has 6 nitrogen and oxygen atoms in total. The predicted molar refractivity (Wildman–Crippen MR) is 77.0 cm³/mol. The highest BCUT2D eigenvalue weighted by Crippen LogP contribution is 2.12. The van der Waals surface area contributed by atoms with E-state index in [-0.39, 0.29) is 24.4 Å². The van der Waals surface area contributed by atoms with Crippen molar-refractivity contribution in [2.45, 2.75) is 19.5 Å². The molecule has 2 amide bonds. The lowest BCUT2D eigenvalue weighted by molar-refractivity contribution is -0.127. The standard InChI is InChI=1S/C14H20N4O2/c1-10(18-6-5-16-13(19)9-18)14(20)17-12-4-2-3-11(7-12)8-15/h2-4,7,10H,5-6,8-9,15H2,1H3,(H,16,19)(H,17,20). The van der Waals surface area contributed by atoms with Gasteiger partial charge in [-0.15, -0.1) is 0 Å². The minimum Gasteiger partial charge on any atom is -0.354 e. The van der Waals surface area contributed by atoms with Crippen LogP contribution in [0.5, 0.6) is 0 Å². The molecule has 1 aromatic carbocycles. The Morgan fingerprint density at radius 3 is 3.05 bits per heavy atom. The molecular weight excluding hydrogens is 256 g/mol. The number of carbonyl (C=O) groups excluding carboxylic acids is 2. The van der Waals surface area contributed by atoms with E-state index in [0.717, 1.165) is 11.3 Å².